The zero-order valence-electron chi connectivity index (χ0n) is 7.45. The van der Waals surface area contributed by atoms with Gasteiger partial charge >= 0.3 is 0 Å². The molecule has 0 saturated heterocycles. The van der Waals surface area contributed by atoms with Crippen LogP contribution in [-0.2, 0) is 0 Å². The lowest BCUT2D eigenvalue weighted by atomic mass is 9.98. The summed E-state index contributed by atoms with van der Waals surface area (Å²) < 4.78 is 1.67. The van der Waals surface area contributed by atoms with Crippen molar-refractivity contribution in [2.45, 2.75) is 33.6 Å². The van der Waals surface area contributed by atoms with Crippen LogP contribution in [0.4, 0.5) is 0 Å². The third-order valence-electron chi connectivity index (χ3n) is 3.41. The lowest BCUT2D eigenvalue weighted by Gasteiger charge is -2.13. The first-order chi connectivity index (χ1) is 5.05. The van der Waals surface area contributed by atoms with Gasteiger partial charge < -0.3 is 0 Å². The molecule has 0 spiro atoms. The fourth-order valence-electron chi connectivity index (χ4n) is 2.43. The van der Waals surface area contributed by atoms with Crippen molar-refractivity contribution in [3.05, 3.63) is 9.15 Å². The van der Waals surface area contributed by atoms with Crippen LogP contribution in [0.2, 0.25) is 0 Å². The fraction of sp³-hybridized carbons (Fsp3) is 0.800. The number of allylic oxidation sites excluding steroid dienone is 2. The Balaban J connectivity index is 2.35. The van der Waals surface area contributed by atoms with Crippen LogP contribution in [0.1, 0.15) is 33.6 Å². The molecule has 0 aromatic heterocycles. The van der Waals surface area contributed by atoms with E-state index < -0.39 is 0 Å². The zero-order chi connectivity index (χ0) is 8.22. The van der Waals surface area contributed by atoms with E-state index in [2.05, 4.69) is 43.4 Å². The lowest BCUT2D eigenvalue weighted by molar-refractivity contribution is 0.487. The third-order valence-corrected chi connectivity index (χ3v) is 5.05. The highest BCUT2D eigenvalue weighted by molar-refractivity contribution is 14.1. The van der Waals surface area contributed by atoms with E-state index in [0.29, 0.717) is 5.41 Å². The molecule has 1 heteroatoms. The largest absolute Gasteiger partial charge is 0.0580 e. The molecule has 0 N–H and O–H groups in total. The van der Waals surface area contributed by atoms with Crippen molar-refractivity contribution in [1.82, 2.24) is 0 Å². The van der Waals surface area contributed by atoms with E-state index in [1.807, 2.05) is 0 Å². The summed E-state index contributed by atoms with van der Waals surface area (Å²) in [5.74, 6) is 1.80. The van der Waals surface area contributed by atoms with Crippen LogP contribution in [0, 0.1) is 17.3 Å². The minimum Gasteiger partial charge on any atom is -0.0580 e. The molecule has 0 heterocycles. The van der Waals surface area contributed by atoms with Crippen molar-refractivity contribution < 1.29 is 0 Å². The second-order valence-corrected chi connectivity index (χ2v) is 5.68. The maximum atomic E-state index is 2.56. The van der Waals surface area contributed by atoms with E-state index in [9.17, 15) is 0 Å². The van der Waals surface area contributed by atoms with Gasteiger partial charge in [-0.1, -0.05) is 26.3 Å². The van der Waals surface area contributed by atoms with Gasteiger partial charge in [-0.15, -0.1) is 0 Å². The van der Waals surface area contributed by atoms with Gasteiger partial charge in [0.05, 0.1) is 0 Å². The molecule has 2 rings (SSSR count). The van der Waals surface area contributed by atoms with Gasteiger partial charge in [0, 0.05) is 0 Å². The molecule has 1 saturated carbocycles. The highest BCUT2D eigenvalue weighted by Crippen LogP contribution is 2.65. The van der Waals surface area contributed by atoms with E-state index in [1.165, 1.54) is 12.8 Å². The molecule has 0 aliphatic heterocycles. The maximum absolute atomic E-state index is 2.56. The lowest BCUT2D eigenvalue weighted by Crippen LogP contribution is -1.99. The van der Waals surface area contributed by atoms with Gasteiger partial charge in [-0.3, -0.25) is 0 Å². The van der Waals surface area contributed by atoms with E-state index in [1.54, 1.807) is 9.15 Å². The number of hydrogen-bond donors (Lipinski definition) is 0. The predicted octanol–water partition coefficient (Wildman–Crippen LogP) is 3.76. The van der Waals surface area contributed by atoms with Gasteiger partial charge in [0.1, 0.15) is 0 Å². The summed E-state index contributed by atoms with van der Waals surface area (Å²) >= 11 is 2.56. The number of halogens is 1. The van der Waals surface area contributed by atoms with Crippen molar-refractivity contribution in [1.29, 1.82) is 0 Å². The van der Waals surface area contributed by atoms with Crippen molar-refractivity contribution in [3.8, 4) is 0 Å². The quantitative estimate of drug-likeness (QED) is 0.583. The smallest absolute Gasteiger partial charge is 0.00650 e. The molecular weight excluding hydrogens is 247 g/mol. The summed E-state index contributed by atoms with van der Waals surface area (Å²) in [7, 11) is 0. The molecule has 0 nitrogen and oxygen atoms in total. The molecule has 11 heavy (non-hydrogen) atoms. The monoisotopic (exact) mass is 262 g/mol. The summed E-state index contributed by atoms with van der Waals surface area (Å²) in [6, 6.07) is 0. The van der Waals surface area contributed by atoms with Crippen LogP contribution in [0.3, 0.4) is 0 Å². The molecule has 2 unspecified atom stereocenters. The predicted molar refractivity (Wildman–Crippen MR) is 56.7 cm³/mol. The SMILES string of the molecule is CC1CCC2C(=C1I)C2(C)C. The average molecular weight is 262 g/mol. The maximum Gasteiger partial charge on any atom is -0.00650 e. The van der Waals surface area contributed by atoms with Crippen molar-refractivity contribution in [2.75, 3.05) is 0 Å². The topological polar surface area (TPSA) is 0 Å². The first-order valence-electron chi connectivity index (χ1n) is 4.45. The minimum atomic E-state index is 0.571. The van der Waals surface area contributed by atoms with Gasteiger partial charge in [-0.2, -0.15) is 0 Å². The van der Waals surface area contributed by atoms with Gasteiger partial charge in [-0.25, -0.2) is 0 Å². The van der Waals surface area contributed by atoms with Crippen LogP contribution in [0.25, 0.3) is 0 Å². The van der Waals surface area contributed by atoms with Gasteiger partial charge in [-0.05, 0) is 56.3 Å². The van der Waals surface area contributed by atoms with Crippen molar-refractivity contribution >= 4 is 22.6 Å². The molecule has 62 valence electrons. The third kappa shape index (κ3) is 0.995. The molecule has 2 aliphatic rings. The van der Waals surface area contributed by atoms with E-state index >= 15 is 0 Å². The van der Waals surface area contributed by atoms with E-state index in [-0.39, 0.29) is 0 Å². The molecule has 0 aromatic rings. The first kappa shape index (κ1) is 8.09. The normalized spacial score (nSPS) is 40.4. The van der Waals surface area contributed by atoms with Crippen LogP contribution in [-0.4, -0.2) is 0 Å². The number of hydrogen-bond acceptors (Lipinski definition) is 0. The molecular formula is C10H15I. The highest BCUT2D eigenvalue weighted by atomic mass is 127. The molecule has 2 aliphatic carbocycles. The summed E-state index contributed by atoms with van der Waals surface area (Å²) in [6.07, 6.45) is 2.85. The standard InChI is InChI=1S/C10H15I/c1-6-4-5-7-8(9(6)11)10(7,2)3/h6-7H,4-5H2,1-3H3. The van der Waals surface area contributed by atoms with Crippen molar-refractivity contribution in [2.24, 2.45) is 17.3 Å². The van der Waals surface area contributed by atoms with Gasteiger partial charge in [0.15, 0.2) is 0 Å². The van der Waals surface area contributed by atoms with Gasteiger partial charge in [0.2, 0.25) is 0 Å². The molecule has 0 aromatic carbocycles. The molecule has 2 atom stereocenters. The number of rotatable bonds is 0. The zero-order valence-corrected chi connectivity index (χ0v) is 9.60. The Bertz CT molecular complexity index is 225. The molecule has 0 amide bonds. The second-order valence-electron chi connectivity index (χ2n) is 4.51. The van der Waals surface area contributed by atoms with Crippen LogP contribution in [0.15, 0.2) is 9.15 Å². The van der Waals surface area contributed by atoms with Crippen molar-refractivity contribution in [3.63, 3.8) is 0 Å². The Kier molecular flexibility index (Phi) is 1.65. The first-order valence-corrected chi connectivity index (χ1v) is 5.53. The Morgan fingerprint density at radius 2 is 2.00 bits per heavy atom. The number of fused-ring (bicyclic) bond motifs is 1. The average Bonchev–Trinajstić information content (AvgIpc) is 2.46. The Morgan fingerprint density at radius 3 is 2.55 bits per heavy atom. The van der Waals surface area contributed by atoms with E-state index in [4.69, 9.17) is 0 Å². The Morgan fingerprint density at radius 1 is 1.36 bits per heavy atom. The molecule has 0 radical (unpaired) electrons. The fourth-order valence-corrected chi connectivity index (χ4v) is 3.81. The molecule has 0 bridgehead atoms. The summed E-state index contributed by atoms with van der Waals surface area (Å²) in [5, 5.41) is 0. The molecule has 1 fully saturated rings. The van der Waals surface area contributed by atoms with Crippen LogP contribution < -0.4 is 0 Å². The summed E-state index contributed by atoms with van der Waals surface area (Å²) in [5.41, 5.74) is 2.35. The highest BCUT2D eigenvalue weighted by Gasteiger charge is 2.55. The van der Waals surface area contributed by atoms with Crippen LogP contribution >= 0.6 is 22.6 Å². The van der Waals surface area contributed by atoms with E-state index in [0.717, 1.165) is 11.8 Å². The Labute approximate surface area is 82.6 Å². The van der Waals surface area contributed by atoms with Gasteiger partial charge in [0.25, 0.3) is 0 Å². The summed E-state index contributed by atoms with van der Waals surface area (Å²) in [4.78, 5) is 0. The Hall–Kier alpha value is 0.470. The second kappa shape index (κ2) is 2.24. The minimum absolute atomic E-state index is 0.571. The van der Waals surface area contributed by atoms with Crippen LogP contribution in [0.5, 0.6) is 0 Å². The summed E-state index contributed by atoms with van der Waals surface area (Å²) in [6.45, 7) is 7.15.